The normalized spacial score (nSPS) is 18.4. The van der Waals surface area contributed by atoms with Gasteiger partial charge in [-0.2, -0.15) is 11.8 Å². The number of fused-ring (bicyclic) bond motifs is 1. The van der Waals surface area contributed by atoms with Crippen LogP contribution >= 0.6 is 23.1 Å². The molecule has 1 saturated heterocycles. The molecule has 1 atom stereocenters. The second-order valence-electron chi connectivity index (χ2n) is 6.50. The van der Waals surface area contributed by atoms with Gasteiger partial charge in [-0.1, -0.05) is 24.3 Å². The van der Waals surface area contributed by atoms with Gasteiger partial charge in [0.25, 0.3) is 0 Å². The molecule has 5 heteroatoms. The molecule has 1 fully saturated rings. The lowest BCUT2D eigenvalue weighted by atomic mass is 10.1. The first-order valence-corrected chi connectivity index (χ1v) is 10.6. The number of para-hydroxylation sites is 1. The van der Waals surface area contributed by atoms with E-state index in [0.717, 1.165) is 30.8 Å². The molecular formula is C20H22N2OS2. The van der Waals surface area contributed by atoms with E-state index in [0.29, 0.717) is 11.7 Å². The molecule has 3 heterocycles. The Bertz CT molecular complexity index is 869. The Labute approximate surface area is 156 Å². The van der Waals surface area contributed by atoms with E-state index in [4.69, 9.17) is 0 Å². The number of thiophene rings is 1. The van der Waals surface area contributed by atoms with Gasteiger partial charge in [-0.3, -0.25) is 4.79 Å². The first-order valence-electron chi connectivity index (χ1n) is 8.68. The minimum Gasteiger partial charge on any atom is -0.350 e. The smallest absolute Gasteiger partial charge is 0.227 e. The van der Waals surface area contributed by atoms with Crippen LogP contribution in [0.4, 0.5) is 0 Å². The van der Waals surface area contributed by atoms with E-state index in [-0.39, 0.29) is 5.91 Å². The van der Waals surface area contributed by atoms with Crippen LogP contribution in [-0.2, 0) is 18.3 Å². The third-order valence-electron chi connectivity index (χ3n) is 4.88. The average Bonchev–Trinajstić information content (AvgIpc) is 3.18. The minimum atomic E-state index is 0.254. The van der Waals surface area contributed by atoms with Crippen molar-refractivity contribution < 1.29 is 4.79 Å². The summed E-state index contributed by atoms with van der Waals surface area (Å²) in [6, 6.07) is 12.7. The van der Waals surface area contributed by atoms with Crippen LogP contribution in [0.3, 0.4) is 0 Å². The van der Waals surface area contributed by atoms with Crippen LogP contribution in [0.5, 0.6) is 0 Å². The molecule has 2 aromatic heterocycles. The Balaban J connectivity index is 1.46. The second-order valence-corrected chi connectivity index (χ2v) is 8.79. The lowest BCUT2D eigenvalue weighted by Crippen LogP contribution is -2.34. The van der Waals surface area contributed by atoms with Crippen molar-refractivity contribution in [2.45, 2.75) is 18.1 Å². The maximum atomic E-state index is 12.9. The van der Waals surface area contributed by atoms with Crippen molar-refractivity contribution in [1.82, 2.24) is 9.47 Å². The molecule has 1 unspecified atom stereocenters. The zero-order chi connectivity index (χ0) is 17.2. The van der Waals surface area contributed by atoms with E-state index in [2.05, 4.69) is 45.3 Å². The van der Waals surface area contributed by atoms with E-state index in [1.54, 1.807) is 0 Å². The fourth-order valence-corrected chi connectivity index (χ4v) is 5.80. The summed E-state index contributed by atoms with van der Waals surface area (Å²) < 4.78 is 2.11. The number of carbonyl (C=O) groups is 1. The molecule has 3 aromatic rings. The highest BCUT2D eigenvalue weighted by Gasteiger charge is 2.23. The first kappa shape index (κ1) is 16.7. The van der Waals surface area contributed by atoms with Crippen LogP contribution in [0.15, 0.2) is 48.0 Å². The number of thioether (sulfide) groups is 1. The van der Waals surface area contributed by atoms with Crippen LogP contribution < -0.4 is 0 Å². The van der Waals surface area contributed by atoms with Gasteiger partial charge in [0.15, 0.2) is 0 Å². The van der Waals surface area contributed by atoms with Crippen molar-refractivity contribution in [3.05, 3.63) is 58.4 Å². The summed E-state index contributed by atoms with van der Waals surface area (Å²) in [5.41, 5.74) is 2.32. The number of aromatic nitrogens is 1. The summed E-state index contributed by atoms with van der Waals surface area (Å²) in [6.45, 7) is 1.72. The molecule has 1 aliphatic rings. The van der Waals surface area contributed by atoms with E-state index >= 15 is 0 Å². The lowest BCUT2D eigenvalue weighted by Gasteiger charge is -2.20. The Hall–Kier alpha value is -1.72. The predicted octanol–water partition coefficient (Wildman–Crippen LogP) is 4.49. The molecule has 0 radical (unpaired) electrons. The van der Waals surface area contributed by atoms with E-state index in [1.165, 1.54) is 15.8 Å². The zero-order valence-corrected chi connectivity index (χ0v) is 16.0. The van der Waals surface area contributed by atoms with Crippen LogP contribution in [0.2, 0.25) is 0 Å². The number of aryl methyl sites for hydroxylation is 1. The Morgan fingerprint density at radius 2 is 2.08 bits per heavy atom. The van der Waals surface area contributed by atoms with Gasteiger partial charge in [-0.05, 0) is 29.5 Å². The Morgan fingerprint density at radius 1 is 1.20 bits per heavy atom. The van der Waals surface area contributed by atoms with Gasteiger partial charge in [-0.25, -0.2) is 0 Å². The van der Waals surface area contributed by atoms with Crippen molar-refractivity contribution in [2.75, 3.05) is 18.8 Å². The van der Waals surface area contributed by atoms with Crippen molar-refractivity contribution in [1.29, 1.82) is 0 Å². The molecule has 25 heavy (non-hydrogen) atoms. The van der Waals surface area contributed by atoms with Crippen LogP contribution in [0.25, 0.3) is 10.9 Å². The van der Waals surface area contributed by atoms with Crippen LogP contribution in [0, 0.1) is 0 Å². The number of hydrogen-bond acceptors (Lipinski definition) is 3. The third kappa shape index (κ3) is 3.48. The van der Waals surface area contributed by atoms with Crippen LogP contribution in [0.1, 0.15) is 22.1 Å². The SMILES string of the molecule is Cn1cc(CC(=O)N2CCSC(c3cccs3)CC2)c2ccccc21. The number of benzene rings is 1. The summed E-state index contributed by atoms with van der Waals surface area (Å²) >= 11 is 3.82. The lowest BCUT2D eigenvalue weighted by molar-refractivity contribution is -0.130. The minimum absolute atomic E-state index is 0.254. The number of nitrogens with zero attached hydrogens (tertiary/aromatic N) is 2. The molecule has 0 N–H and O–H groups in total. The summed E-state index contributed by atoms with van der Waals surface area (Å²) in [7, 11) is 2.05. The summed E-state index contributed by atoms with van der Waals surface area (Å²) in [5.74, 6) is 1.27. The molecule has 0 bridgehead atoms. The molecule has 4 rings (SSSR count). The molecule has 130 valence electrons. The number of carbonyl (C=O) groups excluding carboxylic acids is 1. The predicted molar refractivity (Wildman–Crippen MR) is 107 cm³/mol. The number of rotatable bonds is 3. The molecular weight excluding hydrogens is 348 g/mol. The Morgan fingerprint density at radius 3 is 2.92 bits per heavy atom. The van der Waals surface area contributed by atoms with E-state index < -0.39 is 0 Å². The highest BCUT2D eigenvalue weighted by atomic mass is 32.2. The first-order chi connectivity index (χ1) is 12.2. The molecule has 1 aliphatic heterocycles. The summed E-state index contributed by atoms with van der Waals surface area (Å²) in [6.07, 6.45) is 3.64. The van der Waals surface area contributed by atoms with Gasteiger partial charge in [-0.15, -0.1) is 11.3 Å². The summed E-state index contributed by atoms with van der Waals surface area (Å²) in [5, 5.41) is 3.87. The monoisotopic (exact) mass is 370 g/mol. The highest BCUT2D eigenvalue weighted by molar-refractivity contribution is 7.99. The van der Waals surface area contributed by atoms with Crippen molar-refractivity contribution in [3.63, 3.8) is 0 Å². The van der Waals surface area contributed by atoms with Gasteiger partial charge < -0.3 is 9.47 Å². The number of amides is 1. The van der Waals surface area contributed by atoms with Crippen molar-refractivity contribution >= 4 is 39.9 Å². The standard InChI is InChI=1S/C20H22N2OS2/c1-21-14-15(16-5-2-3-6-17(16)21)13-20(23)22-9-8-19(25-12-10-22)18-7-4-11-24-18/h2-7,11,14,19H,8-10,12-13H2,1H3. The maximum absolute atomic E-state index is 12.9. The summed E-state index contributed by atoms with van der Waals surface area (Å²) in [4.78, 5) is 16.4. The molecule has 0 aliphatic carbocycles. The largest absolute Gasteiger partial charge is 0.350 e. The number of hydrogen-bond donors (Lipinski definition) is 0. The Kier molecular flexibility index (Phi) is 4.86. The fourth-order valence-electron chi connectivity index (χ4n) is 3.56. The van der Waals surface area contributed by atoms with Crippen molar-refractivity contribution in [2.24, 2.45) is 7.05 Å². The van der Waals surface area contributed by atoms with Gasteiger partial charge in [0.1, 0.15) is 0 Å². The third-order valence-corrected chi connectivity index (χ3v) is 7.32. The molecule has 0 saturated carbocycles. The molecule has 1 aromatic carbocycles. The molecule has 1 amide bonds. The second kappa shape index (κ2) is 7.26. The molecule has 0 spiro atoms. The van der Waals surface area contributed by atoms with Crippen molar-refractivity contribution in [3.8, 4) is 0 Å². The highest BCUT2D eigenvalue weighted by Crippen LogP contribution is 2.36. The fraction of sp³-hybridized carbons (Fsp3) is 0.350. The van der Waals surface area contributed by atoms with Gasteiger partial charge in [0.05, 0.1) is 6.42 Å². The van der Waals surface area contributed by atoms with E-state index in [1.807, 2.05) is 42.3 Å². The quantitative estimate of drug-likeness (QED) is 0.679. The maximum Gasteiger partial charge on any atom is 0.227 e. The van der Waals surface area contributed by atoms with Gasteiger partial charge in [0.2, 0.25) is 5.91 Å². The molecule has 3 nitrogen and oxygen atoms in total. The van der Waals surface area contributed by atoms with Crippen LogP contribution in [-0.4, -0.2) is 34.2 Å². The average molecular weight is 371 g/mol. The topological polar surface area (TPSA) is 25.2 Å². The van der Waals surface area contributed by atoms with Gasteiger partial charge >= 0.3 is 0 Å². The van der Waals surface area contributed by atoms with E-state index in [9.17, 15) is 4.79 Å². The van der Waals surface area contributed by atoms with Gasteiger partial charge in [0, 0.05) is 53.1 Å². The zero-order valence-electron chi connectivity index (χ0n) is 14.4.